The Labute approximate surface area is 179 Å². The van der Waals surface area contributed by atoms with Crippen LogP contribution in [0.1, 0.15) is 34.7 Å². The van der Waals surface area contributed by atoms with Crippen molar-refractivity contribution in [3.63, 3.8) is 0 Å². The van der Waals surface area contributed by atoms with Crippen LogP contribution in [0.2, 0.25) is 0 Å². The summed E-state index contributed by atoms with van der Waals surface area (Å²) in [5.74, 6) is 0.737. The third kappa shape index (κ3) is 4.08. The third-order valence-corrected chi connectivity index (χ3v) is 5.47. The molecule has 4 rings (SSSR count). The largest absolute Gasteiger partial charge is 0.497 e. The molecule has 0 saturated carbocycles. The molecular weight excluding hydrogens is 399 g/mol. The lowest BCUT2D eigenvalue weighted by atomic mass is 9.89. The van der Waals surface area contributed by atoms with Gasteiger partial charge in [0, 0.05) is 11.4 Å². The molecule has 0 spiro atoms. The van der Waals surface area contributed by atoms with Gasteiger partial charge in [-0.3, -0.25) is 0 Å². The third-order valence-electron chi connectivity index (χ3n) is 5.47. The molecule has 5 heteroatoms. The van der Waals surface area contributed by atoms with Gasteiger partial charge in [0.1, 0.15) is 5.75 Å². The smallest absolute Gasteiger partial charge is 0.416 e. The predicted octanol–water partition coefficient (Wildman–Crippen LogP) is 7.35. The number of fused-ring (bicyclic) bond motifs is 1. The zero-order chi connectivity index (χ0) is 22.0. The molecule has 3 aromatic rings. The molecule has 1 aliphatic rings. The van der Waals surface area contributed by atoms with E-state index < -0.39 is 11.7 Å². The van der Waals surface area contributed by atoms with Gasteiger partial charge >= 0.3 is 6.18 Å². The second kappa shape index (κ2) is 8.34. The van der Waals surface area contributed by atoms with Gasteiger partial charge in [0.15, 0.2) is 0 Å². The fourth-order valence-electron chi connectivity index (χ4n) is 3.97. The molecule has 1 unspecified atom stereocenters. The van der Waals surface area contributed by atoms with Crippen LogP contribution >= 0.6 is 0 Å². The molecule has 31 heavy (non-hydrogen) atoms. The molecule has 1 heterocycles. The Morgan fingerprint density at radius 1 is 0.968 bits per heavy atom. The first-order valence-corrected chi connectivity index (χ1v) is 9.95. The summed E-state index contributed by atoms with van der Waals surface area (Å²) in [6, 6.07) is 21.0. The van der Waals surface area contributed by atoms with Gasteiger partial charge in [-0.15, -0.1) is 6.58 Å². The molecule has 0 fully saturated rings. The van der Waals surface area contributed by atoms with E-state index in [9.17, 15) is 13.2 Å². The van der Waals surface area contributed by atoms with Crippen molar-refractivity contribution in [2.24, 2.45) is 0 Å². The highest BCUT2D eigenvalue weighted by atomic mass is 19.4. The molecule has 0 bridgehead atoms. The Kier molecular flexibility index (Phi) is 5.59. The number of hydrogen-bond donors (Lipinski definition) is 0. The van der Waals surface area contributed by atoms with Crippen molar-refractivity contribution in [3.05, 3.63) is 108 Å². The predicted molar refractivity (Wildman–Crippen MR) is 119 cm³/mol. The van der Waals surface area contributed by atoms with Gasteiger partial charge < -0.3 is 9.64 Å². The maximum absolute atomic E-state index is 13.1. The van der Waals surface area contributed by atoms with Crippen molar-refractivity contribution in [2.75, 3.05) is 12.0 Å². The molecule has 1 aliphatic heterocycles. The molecule has 0 radical (unpaired) electrons. The average Bonchev–Trinajstić information content (AvgIpc) is 2.78. The number of benzene rings is 3. The maximum atomic E-state index is 13.1. The van der Waals surface area contributed by atoms with Gasteiger partial charge in [0.25, 0.3) is 0 Å². The monoisotopic (exact) mass is 421 g/mol. The van der Waals surface area contributed by atoms with E-state index in [0.717, 1.165) is 40.4 Å². The lowest BCUT2D eigenvalue weighted by molar-refractivity contribution is -0.137. The molecule has 0 aliphatic carbocycles. The van der Waals surface area contributed by atoms with Crippen molar-refractivity contribution in [3.8, 4) is 5.75 Å². The molecule has 158 valence electrons. The lowest BCUT2D eigenvalue weighted by Crippen LogP contribution is -2.30. The average molecular weight is 421 g/mol. The van der Waals surface area contributed by atoms with E-state index in [2.05, 4.69) is 17.5 Å². The van der Waals surface area contributed by atoms with Gasteiger partial charge in [0.05, 0.1) is 18.7 Å². The summed E-state index contributed by atoms with van der Waals surface area (Å²) in [5.41, 5.74) is 4.01. The van der Waals surface area contributed by atoms with Crippen LogP contribution in [0, 0.1) is 0 Å². The minimum absolute atomic E-state index is 0.0376. The van der Waals surface area contributed by atoms with Gasteiger partial charge in [-0.05, 0) is 65.6 Å². The fraction of sp³-hybridized carbons (Fsp3) is 0.154. The quantitative estimate of drug-likeness (QED) is 0.399. The number of nitrogens with zero attached hydrogens (tertiary/aromatic N) is 1. The van der Waals surface area contributed by atoms with Gasteiger partial charge in [-0.25, -0.2) is 0 Å². The van der Waals surface area contributed by atoms with Crippen molar-refractivity contribution in [1.29, 1.82) is 0 Å². The highest BCUT2D eigenvalue weighted by molar-refractivity contribution is 5.94. The molecule has 0 amide bonds. The first-order chi connectivity index (χ1) is 14.9. The normalized spacial score (nSPS) is 15.8. The van der Waals surface area contributed by atoms with Crippen LogP contribution in [0.3, 0.4) is 0 Å². The second-order valence-electron chi connectivity index (χ2n) is 7.34. The summed E-state index contributed by atoms with van der Waals surface area (Å²) in [4.78, 5) is 2.16. The minimum Gasteiger partial charge on any atom is -0.497 e. The summed E-state index contributed by atoms with van der Waals surface area (Å²) >= 11 is 0. The molecule has 0 N–H and O–H groups in total. The maximum Gasteiger partial charge on any atom is 0.416 e. The van der Waals surface area contributed by atoms with Crippen molar-refractivity contribution >= 4 is 17.5 Å². The summed E-state index contributed by atoms with van der Waals surface area (Å²) in [6.07, 6.45) is 0.212. The van der Waals surface area contributed by atoms with Gasteiger partial charge in [0.2, 0.25) is 0 Å². The number of ether oxygens (including phenoxy) is 1. The molecule has 0 aromatic heterocycles. The molecule has 3 aromatic carbocycles. The van der Waals surface area contributed by atoms with Gasteiger partial charge in [-0.2, -0.15) is 13.2 Å². The summed E-state index contributed by atoms with van der Waals surface area (Å²) < 4.78 is 44.5. The first kappa shape index (κ1) is 20.8. The van der Waals surface area contributed by atoms with Crippen LogP contribution in [0.5, 0.6) is 5.75 Å². The number of hydrogen-bond acceptors (Lipinski definition) is 2. The molecule has 2 nitrogen and oxygen atoms in total. The topological polar surface area (TPSA) is 12.5 Å². The van der Waals surface area contributed by atoms with Crippen molar-refractivity contribution in [2.45, 2.75) is 18.6 Å². The minimum atomic E-state index is -4.37. The van der Waals surface area contributed by atoms with E-state index in [1.165, 1.54) is 12.1 Å². The SMILES string of the molecule is C=CCC1c2ccccc2C=C(c2ccc(C(F)(F)F)cc2)N1c1ccc(OC)cc1. The van der Waals surface area contributed by atoms with Crippen molar-refractivity contribution in [1.82, 2.24) is 0 Å². The Bertz CT molecular complexity index is 1100. The van der Waals surface area contributed by atoms with E-state index in [1.54, 1.807) is 7.11 Å². The first-order valence-electron chi connectivity index (χ1n) is 9.95. The van der Waals surface area contributed by atoms with Crippen LogP contribution in [-0.4, -0.2) is 7.11 Å². The molecule has 0 saturated heterocycles. The number of methoxy groups -OCH3 is 1. The van der Waals surface area contributed by atoms with Crippen molar-refractivity contribution < 1.29 is 17.9 Å². The number of alkyl halides is 3. The Balaban J connectivity index is 1.87. The van der Waals surface area contributed by atoms with E-state index in [0.29, 0.717) is 12.0 Å². The summed E-state index contributed by atoms with van der Waals surface area (Å²) in [7, 11) is 1.61. The Hall–Kier alpha value is -3.47. The van der Waals surface area contributed by atoms with E-state index in [1.807, 2.05) is 54.6 Å². The van der Waals surface area contributed by atoms with Crippen LogP contribution in [0.4, 0.5) is 18.9 Å². The lowest BCUT2D eigenvalue weighted by Gasteiger charge is -2.39. The molecule has 1 atom stereocenters. The number of rotatable bonds is 5. The highest BCUT2D eigenvalue weighted by Gasteiger charge is 2.32. The zero-order valence-electron chi connectivity index (χ0n) is 17.1. The van der Waals surface area contributed by atoms with Crippen LogP contribution < -0.4 is 9.64 Å². The summed E-state index contributed by atoms with van der Waals surface area (Å²) in [6.45, 7) is 3.93. The number of anilines is 1. The highest BCUT2D eigenvalue weighted by Crippen LogP contribution is 2.44. The Morgan fingerprint density at radius 2 is 1.65 bits per heavy atom. The second-order valence-corrected chi connectivity index (χ2v) is 7.34. The Morgan fingerprint density at radius 3 is 2.26 bits per heavy atom. The fourth-order valence-corrected chi connectivity index (χ4v) is 3.97. The summed E-state index contributed by atoms with van der Waals surface area (Å²) in [5, 5.41) is 0. The standard InChI is InChI=1S/C26H22F3NO/c1-3-6-24-23-8-5-4-7-19(23)17-25(18-9-11-20(12-10-18)26(27,28)29)30(24)21-13-15-22(31-2)16-14-21/h3-5,7-17,24H,1,6H2,2H3. The molecular formula is C26H22F3NO. The van der Waals surface area contributed by atoms with Gasteiger partial charge in [-0.1, -0.05) is 42.5 Å². The number of halogens is 3. The van der Waals surface area contributed by atoms with E-state index >= 15 is 0 Å². The van der Waals surface area contributed by atoms with E-state index in [4.69, 9.17) is 4.74 Å². The van der Waals surface area contributed by atoms with Crippen LogP contribution in [-0.2, 0) is 6.18 Å². The zero-order valence-corrected chi connectivity index (χ0v) is 17.1. The van der Waals surface area contributed by atoms with E-state index in [-0.39, 0.29) is 6.04 Å². The van der Waals surface area contributed by atoms with Crippen LogP contribution in [0.25, 0.3) is 11.8 Å². The van der Waals surface area contributed by atoms with Crippen LogP contribution in [0.15, 0.2) is 85.5 Å².